The van der Waals surface area contributed by atoms with Crippen LogP contribution in [0.2, 0.25) is 0 Å². The van der Waals surface area contributed by atoms with Crippen LogP contribution in [0.4, 0.5) is 0 Å². The van der Waals surface area contributed by atoms with E-state index in [1.54, 1.807) is 0 Å². The van der Waals surface area contributed by atoms with E-state index in [2.05, 4.69) is 137 Å². The van der Waals surface area contributed by atoms with Crippen molar-refractivity contribution in [3.63, 3.8) is 0 Å². The van der Waals surface area contributed by atoms with Gasteiger partial charge in [0, 0.05) is 49.1 Å². The molecule has 6 heteroatoms. The summed E-state index contributed by atoms with van der Waals surface area (Å²) in [7, 11) is 0. The Morgan fingerprint density at radius 2 is 0.947 bits per heavy atom. The number of aromatic nitrogens is 5. The predicted octanol–water partition coefficient (Wildman–Crippen LogP) is 13.0. The van der Waals surface area contributed by atoms with Gasteiger partial charge in [-0.1, -0.05) is 133 Å². The number of para-hydroxylation sites is 4. The number of hydrogen-bond acceptors (Lipinski definition) is 4. The molecule has 4 aromatic heterocycles. The maximum Gasteiger partial charge on any atom is 0.238 e. The average molecular weight is 730 g/mol. The summed E-state index contributed by atoms with van der Waals surface area (Å²) in [5.74, 6) is 1.73. The van der Waals surface area contributed by atoms with Crippen LogP contribution in [0.5, 0.6) is 0 Å². The zero-order valence-corrected chi connectivity index (χ0v) is 30.5. The standard InChI is InChI=1S/C51H31N5O/c1-3-14-32(15-4-1)49-52-50(40-21-13-25-47-48(40)39-20-9-12-24-46(39)57-47)54-51(53-49)56-43-23-11-7-18-36(43)38-28-26-34(31-45(38)56)33-27-29-44-41(30-33)37-19-8-10-22-42(37)55(44)35-16-5-2-6-17-35/h1-31H. The average Bonchev–Trinajstić information content (AvgIpc) is 3.94. The zero-order valence-electron chi connectivity index (χ0n) is 30.5. The summed E-state index contributed by atoms with van der Waals surface area (Å²) in [5, 5.41) is 6.70. The van der Waals surface area contributed by atoms with E-state index in [1.165, 1.54) is 21.8 Å². The van der Waals surface area contributed by atoms with Crippen molar-refractivity contribution >= 4 is 65.6 Å². The first kappa shape index (κ1) is 31.5. The molecule has 0 N–H and O–H groups in total. The molecule has 4 heterocycles. The fourth-order valence-electron chi connectivity index (χ4n) is 8.64. The molecule has 0 aliphatic rings. The maximum absolute atomic E-state index is 6.30. The summed E-state index contributed by atoms with van der Waals surface area (Å²) >= 11 is 0. The van der Waals surface area contributed by atoms with Gasteiger partial charge in [-0.3, -0.25) is 4.57 Å². The van der Waals surface area contributed by atoms with Crippen molar-refractivity contribution in [2.75, 3.05) is 0 Å². The van der Waals surface area contributed by atoms with Gasteiger partial charge in [-0.05, 0) is 65.7 Å². The molecule has 0 saturated heterocycles. The van der Waals surface area contributed by atoms with Crippen LogP contribution < -0.4 is 0 Å². The van der Waals surface area contributed by atoms with Crippen molar-refractivity contribution in [1.82, 2.24) is 24.1 Å². The molecule has 8 aromatic carbocycles. The second-order valence-electron chi connectivity index (χ2n) is 14.4. The molecule has 0 atom stereocenters. The summed E-state index contributed by atoms with van der Waals surface area (Å²) in [6.07, 6.45) is 0. The van der Waals surface area contributed by atoms with Crippen molar-refractivity contribution in [2.24, 2.45) is 0 Å². The first-order valence-electron chi connectivity index (χ1n) is 19.1. The highest BCUT2D eigenvalue weighted by Gasteiger charge is 2.21. The van der Waals surface area contributed by atoms with E-state index in [-0.39, 0.29) is 0 Å². The molecular formula is C51H31N5O. The fourth-order valence-corrected chi connectivity index (χ4v) is 8.64. The minimum Gasteiger partial charge on any atom is -0.456 e. The third-order valence-electron chi connectivity index (χ3n) is 11.2. The normalized spacial score (nSPS) is 11.9. The molecule has 0 amide bonds. The Labute approximate surface area is 326 Å². The summed E-state index contributed by atoms with van der Waals surface area (Å²) in [6, 6.07) is 65.7. The van der Waals surface area contributed by atoms with Crippen molar-refractivity contribution in [1.29, 1.82) is 0 Å². The van der Waals surface area contributed by atoms with Crippen LogP contribution in [-0.2, 0) is 0 Å². The van der Waals surface area contributed by atoms with Gasteiger partial charge in [0.2, 0.25) is 5.95 Å². The molecule has 0 spiro atoms. The highest BCUT2D eigenvalue weighted by atomic mass is 16.3. The number of fused-ring (bicyclic) bond motifs is 9. The van der Waals surface area contributed by atoms with Gasteiger partial charge in [0.15, 0.2) is 11.6 Å². The number of nitrogens with zero attached hydrogens (tertiary/aromatic N) is 5. The first-order chi connectivity index (χ1) is 28.3. The zero-order chi connectivity index (χ0) is 37.5. The Balaban J connectivity index is 1.10. The van der Waals surface area contributed by atoms with Gasteiger partial charge in [0.1, 0.15) is 11.2 Å². The largest absolute Gasteiger partial charge is 0.456 e. The fraction of sp³-hybridized carbons (Fsp3) is 0. The molecular weight excluding hydrogens is 699 g/mol. The Morgan fingerprint density at radius 1 is 0.351 bits per heavy atom. The highest BCUT2D eigenvalue weighted by molar-refractivity contribution is 6.13. The monoisotopic (exact) mass is 729 g/mol. The van der Waals surface area contributed by atoms with Crippen LogP contribution in [0.1, 0.15) is 0 Å². The van der Waals surface area contributed by atoms with E-state index in [9.17, 15) is 0 Å². The van der Waals surface area contributed by atoms with E-state index in [4.69, 9.17) is 19.4 Å². The second-order valence-corrected chi connectivity index (χ2v) is 14.4. The Kier molecular flexibility index (Phi) is 6.83. The van der Waals surface area contributed by atoms with Gasteiger partial charge in [0.25, 0.3) is 0 Å². The van der Waals surface area contributed by atoms with E-state index in [0.29, 0.717) is 17.6 Å². The highest BCUT2D eigenvalue weighted by Crippen LogP contribution is 2.40. The summed E-state index contributed by atoms with van der Waals surface area (Å²) < 4.78 is 10.8. The molecule has 266 valence electrons. The summed E-state index contributed by atoms with van der Waals surface area (Å²) in [5.41, 5.74) is 11.2. The molecule has 12 aromatic rings. The molecule has 0 fully saturated rings. The predicted molar refractivity (Wildman–Crippen MR) is 232 cm³/mol. The first-order valence-corrected chi connectivity index (χ1v) is 19.1. The molecule has 0 aliphatic heterocycles. The van der Waals surface area contributed by atoms with Gasteiger partial charge in [0.05, 0.1) is 22.1 Å². The van der Waals surface area contributed by atoms with Crippen LogP contribution in [0.3, 0.4) is 0 Å². The van der Waals surface area contributed by atoms with Gasteiger partial charge < -0.3 is 8.98 Å². The second kappa shape index (κ2) is 12.3. The molecule has 0 saturated carbocycles. The van der Waals surface area contributed by atoms with E-state index >= 15 is 0 Å². The number of hydrogen-bond donors (Lipinski definition) is 0. The third-order valence-corrected chi connectivity index (χ3v) is 11.2. The lowest BCUT2D eigenvalue weighted by atomic mass is 10.0. The van der Waals surface area contributed by atoms with Crippen LogP contribution in [0.25, 0.3) is 111 Å². The minimum atomic E-state index is 0.549. The lowest BCUT2D eigenvalue weighted by Crippen LogP contribution is -2.06. The molecule has 0 radical (unpaired) electrons. The molecule has 0 unspecified atom stereocenters. The molecule has 6 nitrogen and oxygen atoms in total. The molecule has 57 heavy (non-hydrogen) atoms. The van der Waals surface area contributed by atoms with E-state index in [0.717, 1.165) is 71.7 Å². The Morgan fingerprint density at radius 3 is 1.77 bits per heavy atom. The van der Waals surface area contributed by atoms with Gasteiger partial charge in [-0.15, -0.1) is 0 Å². The SMILES string of the molecule is c1ccc(-c2nc(-c3cccc4oc5ccccc5c34)nc(-n3c4ccccc4c4ccc(-c5ccc6c(c5)c5ccccc5n6-c5ccccc5)cc43)n2)cc1. The van der Waals surface area contributed by atoms with E-state index in [1.807, 2.05) is 60.7 Å². The minimum absolute atomic E-state index is 0.549. The molecule has 0 aliphatic carbocycles. The van der Waals surface area contributed by atoms with Crippen LogP contribution in [-0.4, -0.2) is 24.1 Å². The number of benzene rings is 8. The van der Waals surface area contributed by atoms with Gasteiger partial charge in [-0.2, -0.15) is 9.97 Å². The lowest BCUT2D eigenvalue weighted by molar-refractivity contribution is 0.669. The summed E-state index contributed by atoms with van der Waals surface area (Å²) in [4.78, 5) is 15.7. The number of rotatable bonds is 5. The smallest absolute Gasteiger partial charge is 0.238 e. The van der Waals surface area contributed by atoms with Crippen molar-refractivity contribution in [2.45, 2.75) is 0 Å². The van der Waals surface area contributed by atoms with Crippen LogP contribution >= 0.6 is 0 Å². The Hall–Kier alpha value is -7.83. The van der Waals surface area contributed by atoms with Crippen LogP contribution in [0, 0.1) is 0 Å². The topological polar surface area (TPSA) is 61.7 Å². The lowest BCUT2D eigenvalue weighted by Gasteiger charge is -2.12. The van der Waals surface area contributed by atoms with Crippen LogP contribution in [0.15, 0.2) is 192 Å². The van der Waals surface area contributed by atoms with Gasteiger partial charge >= 0.3 is 0 Å². The van der Waals surface area contributed by atoms with E-state index < -0.39 is 0 Å². The van der Waals surface area contributed by atoms with Crippen molar-refractivity contribution in [3.8, 4) is 45.5 Å². The Bertz CT molecular complexity index is 3520. The molecule has 12 rings (SSSR count). The van der Waals surface area contributed by atoms with Gasteiger partial charge in [-0.25, -0.2) is 4.98 Å². The number of furan rings is 1. The quantitative estimate of drug-likeness (QED) is 0.177. The maximum atomic E-state index is 6.30. The third kappa shape index (κ3) is 4.87. The molecule has 0 bridgehead atoms. The van der Waals surface area contributed by atoms with Crippen molar-refractivity contribution < 1.29 is 4.42 Å². The van der Waals surface area contributed by atoms with Crippen molar-refractivity contribution in [3.05, 3.63) is 188 Å². The summed E-state index contributed by atoms with van der Waals surface area (Å²) in [6.45, 7) is 0.